The van der Waals surface area contributed by atoms with Gasteiger partial charge >= 0.3 is 0 Å². The van der Waals surface area contributed by atoms with Crippen molar-refractivity contribution in [2.24, 2.45) is 5.92 Å². The van der Waals surface area contributed by atoms with Crippen molar-refractivity contribution in [1.29, 1.82) is 0 Å². The maximum atomic E-state index is 5.47. The van der Waals surface area contributed by atoms with Crippen LogP contribution in [0.1, 0.15) is 30.8 Å². The average Bonchev–Trinajstić information content (AvgIpc) is 2.40. The SMILES string of the molecule is COc1nc(C)cc2nc(C)nc(N(C)CC3CCC3)c12. The molecule has 1 saturated carbocycles. The Morgan fingerprint density at radius 3 is 2.62 bits per heavy atom. The van der Waals surface area contributed by atoms with Crippen molar-refractivity contribution in [3.63, 3.8) is 0 Å². The van der Waals surface area contributed by atoms with E-state index in [4.69, 9.17) is 4.74 Å². The second-order valence-electron chi connectivity index (χ2n) is 5.94. The molecule has 0 bridgehead atoms. The van der Waals surface area contributed by atoms with Crippen molar-refractivity contribution in [1.82, 2.24) is 15.0 Å². The lowest BCUT2D eigenvalue weighted by atomic mass is 9.85. The van der Waals surface area contributed by atoms with Crippen LogP contribution in [-0.4, -0.2) is 35.7 Å². The van der Waals surface area contributed by atoms with Gasteiger partial charge < -0.3 is 9.64 Å². The van der Waals surface area contributed by atoms with Crippen LogP contribution >= 0.6 is 0 Å². The lowest BCUT2D eigenvalue weighted by Gasteiger charge is -2.31. The number of aromatic nitrogens is 3. The molecule has 0 amide bonds. The molecule has 112 valence electrons. The van der Waals surface area contributed by atoms with Gasteiger partial charge in [0.1, 0.15) is 17.0 Å². The molecule has 0 atom stereocenters. The van der Waals surface area contributed by atoms with Gasteiger partial charge in [-0.15, -0.1) is 0 Å². The predicted molar refractivity (Wildman–Crippen MR) is 84.0 cm³/mol. The number of methoxy groups -OCH3 is 1. The molecule has 0 unspecified atom stereocenters. The summed E-state index contributed by atoms with van der Waals surface area (Å²) >= 11 is 0. The molecule has 0 aliphatic heterocycles. The van der Waals surface area contributed by atoms with E-state index < -0.39 is 0 Å². The molecule has 0 spiro atoms. The minimum absolute atomic E-state index is 0.612. The van der Waals surface area contributed by atoms with E-state index in [0.29, 0.717) is 5.88 Å². The maximum absolute atomic E-state index is 5.47. The first kappa shape index (κ1) is 14.0. The maximum Gasteiger partial charge on any atom is 0.226 e. The van der Waals surface area contributed by atoms with Crippen LogP contribution in [0.25, 0.3) is 10.9 Å². The van der Waals surface area contributed by atoms with Gasteiger partial charge in [-0.3, -0.25) is 0 Å². The number of rotatable bonds is 4. The molecule has 0 N–H and O–H groups in total. The molecule has 1 aliphatic rings. The Labute approximate surface area is 125 Å². The third kappa shape index (κ3) is 2.64. The van der Waals surface area contributed by atoms with Crippen LogP contribution in [0.15, 0.2) is 6.07 Å². The highest BCUT2D eigenvalue weighted by Crippen LogP contribution is 2.33. The standard InChI is InChI=1S/C16H22N4O/c1-10-8-13-14(16(17-10)21-4)15(19-11(2)18-13)20(3)9-12-6-5-7-12/h8,12H,5-7,9H2,1-4H3. The van der Waals surface area contributed by atoms with Crippen molar-refractivity contribution in [2.75, 3.05) is 25.6 Å². The summed E-state index contributed by atoms with van der Waals surface area (Å²) in [5.41, 5.74) is 1.81. The Morgan fingerprint density at radius 1 is 1.24 bits per heavy atom. The van der Waals surface area contributed by atoms with Gasteiger partial charge in [-0.25, -0.2) is 15.0 Å². The van der Waals surface area contributed by atoms with Crippen LogP contribution in [0, 0.1) is 19.8 Å². The summed E-state index contributed by atoms with van der Waals surface area (Å²) in [6, 6.07) is 1.99. The Kier molecular flexibility index (Phi) is 3.66. The molecule has 1 aliphatic carbocycles. The molecule has 21 heavy (non-hydrogen) atoms. The number of hydrogen-bond acceptors (Lipinski definition) is 5. The first-order valence-electron chi connectivity index (χ1n) is 7.49. The van der Waals surface area contributed by atoms with Crippen LogP contribution in [0.3, 0.4) is 0 Å². The van der Waals surface area contributed by atoms with E-state index in [1.54, 1.807) is 7.11 Å². The summed E-state index contributed by atoms with van der Waals surface area (Å²) in [6.45, 7) is 4.92. The molecule has 5 heteroatoms. The van der Waals surface area contributed by atoms with Gasteiger partial charge in [-0.2, -0.15) is 0 Å². The van der Waals surface area contributed by atoms with Crippen LogP contribution in [0.5, 0.6) is 5.88 Å². The molecule has 0 aromatic carbocycles. The Morgan fingerprint density at radius 2 is 2.00 bits per heavy atom. The Bertz CT molecular complexity index is 662. The van der Waals surface area contributed by atoms with E-state index >= 15 is 0 Å². The first-order valence-corrected chi connectivity index (χ1v) is 7.49. The lowest BCUT2D eigenvalue weighted by Crippen LogP contribution is -2.30. The van der Waals surface area contributed by atoms with Crippen LogP contribution in [-0.2, 0) is 0 Å². The lowest BCUT2D eigenvalue weighted by molar-refractivity contribution is 0.321. The molecule has 3 rings (SSSR count). The van der Waals surface area contributed by atoms with Crippen molar-refractivity contribution in [2.45, 2.75) is 33.1 Å². The molecular weight excluding hydrogens is 264 g/mol. The summed E-state index contributed by atoms with van der Waals surface area (Å²) in [5.74, 6) is 3.10. The Hall–Kier alpha value is -1.91. The number of nitrogens with zero attached hydrogens (tertiary/aromatic N) is 4. The van der Waals surface area contributed by atoms with E-state index in [-0.39, 0.29) is 0 Å². The Balaban J connectivity index is 2.10. The average molecular weight is 286 g/mol. The predicted octanol–water partition coefficient (Wildman–Crippen LogP) is 2.89. The normalized spacial score (nSPS) is 15.0. The van der Waals surface area contributed by atoms with Crippen molar-refractivity contribution < 1.29 is 4.74 Å². The van der Waals surface area contributed by atoms with Crippen molar-refractivity contribution in [3.05, 3.63) is 17.6 Å². The van der Waals surface area contributed by atoms with E-state index in [1.165, 1.54) is 19.3 Å². The minimum Gasteiger partial charge on any atom is -0.480 e. The third-order valence-corrected chi connectivity index (χ3v) is 4.18. The molecule has 0 radical (unpaired) electrons. The summed E-state index contributed by atoms with van der Waals surface area (Å²) in [5, 5.41) is 0.913. The molecular formula is C16H22N4O. The molecule has 2 aromatic rings. The number of hydrogen-bond donors (Lipinski definition) is 0. The van der Waals surface area contributed by atoms with Gasteiger partial charge in [0.05, 0.1) is 12.6 Å². The number of ether oxygens (including phenoxy) is 1. The zero-order valence-corrected chi connectivity index (χ0v) is 13.2. The molecule has 2 heterocycles. The number of pyridine rings is 1. The summed E-state index contributed by atoms with van der Waals surface area (Å²) in [4.78, 5) is 15.9. The quantitative estimate of drug-likeness (QED) is 0.865. The van der Waals surface area contributed by atoms with Gasteiger partial charge in [0.2, 0.25) is 5.88 Å². The molecule has 2 aromatic heterocycles. The van der Waals surface area contributed by atoms with Gasteiger partial charge in [0.25, 0.3) is 0 Å². The zero-order chi connectivity index (χ0) is 15.0. The largest absolute Gasteiger partial charge is 0.480 e. The minimum atomic E-state index is 0.612. The highest BCUT2D eigenvalue weighted by Gasteiger charge is 2.22. The summed E-state index contributed by atoms with van der Waals surface area (Å²) in [7, 11) is 3.75. The van der Waals surface area contributed by atoms with Crippen LogP contribution in [0.2, 0.25) is 0 Å². The topological polar surface area (TPSA) is 51.1 Å². The number of fused-ring (bicyclic) bond motifs is 1. The van der Waals surface area contributed by atoms with E-state index in [2.05, 4.69) is 26.9 Å². The summed E-state index contributed by atoms with van der Waals surface area (Å²) in [6.07, 6.45) is 3.99. The van der Waals surface area contributed by atoms with E-state index in [1.807, 2.05) is 19.9 Å². The highest BCUT2D eigenvalue weighted by molar-refractivity contribution is 5.94. The monoisotopic (exact) mass is 286 g/mol. The second kappa shape index (κ2) is 5.47. The highest BCUT2D eigenvalue weighted by atomic mass is 16.5. The van der Waals surface area contributed by atoms with Crippen molar-refractivity contribution >= 4 is 16.7 Å². The third-order valence-electron chi connectivity index (χ3n) is 4.18. The second-order valence-corrected chi connectivity index (χ2v) is 5.94. The molecule has 5 nitrogen and oxygen atoms in total. The number of aryl methyl sites for hydroxylation is 2. The van der Waals surface area contributed by atoms with E-state index in [0.717, 1.165) is 40.7 Å². The van der Waals surface area contributed by atoms with Gasteiger partial charge in [-0.1, -0.05) is 6.42 Å². The fourth-order valence-electron chi connectivity index (χ4n) is 2.91. The fraction of sp³-hybridized carbons (Fsp3) is 0.562. The van der Waals surface area contributed by atoms with E-state index in [9.17, 15) is 0 Å². The first-order chi connectivity index (χ1) is 10.1. The zero-order valence-electron chi connectivity index (χ0n) is 13.2. The van der Waals surface area contributed by atoms with Gasteiger partial charge in [0, 0.05) is 19.3 Å². The molecule has 1 fully saturated rings. The smallest absolute Gasteiger partial charge is 0.226 e. The van der Waals surface area contributed by atoms with Crippen molar-refractivity contribution in [3.8, 4) is 5.88 Å². The van der Waals surface area contributed by atoms with Crippen LogP contribution < -0.4 is 9.64 Å². The molecule has 0 saturated heterocycles. The van der Waals surface area contributed by atoms with Crippen LogP contribution in [0.4, 0.5) is 5.82 Å². The summed E-state index contributed by atoms with van der Waals surface area (Å²) < 4.78 is 5.47. The van der Waals surface area contributed by atoms with Gasteiger partial charge in [-0.05, 0) is 38.7 Å². The fourth-order valence-corrected chi connectivity index (χ4v) is 2.91. The van der Waals surface area contributed by atoms with Gasteiger partial charge in [0.15, 0.2) is 0 Å². The number of anilines is 1.